The van der Waals surface area contributed by atoms with Crippen LogP contribution in [0, 0.1) is 0 Å². The minimum Gasteiger partial charge on any atom is -0.330 e. The van der Waals surface area contributed by atoms with E-state index < -0.39 is 15.7 Å². The zero-order valence-electron chi connectivity index (χ0n) is 12.4. The molecule has 1 aliphatic rings. The quantitative estimate of drug-likeness (QED) is 0.746. The Labute approximate surface area is 117 Å². The summed E-state index contributed by atoms with van der Waals surface area (Å²) in [5.74, 6) is 0. The first-order chi connectivity index (χ1) is 8.74. The maximum absolute atomic E-state index is 12.3. The topological polar surface area (TPSA) is 78.7 Å². The van der Waals surface area contributed by atoms with Crippen LogP contribution in [0.25, 0.3) is 0 Å². The number of nitrogens with two attached hydrogens (primary N) is 1. The molecule has 0 saturated carbocycles. The van der Waals surface area contributed by atoms with Crippen molar-refractivity contribution in [1.82, 2.24) is 13.9 Å². The average Bonchev–Trinajstić information content (AvgIpc) is 2.48. The van der Waals surface area contributed by atoms with E-state index in [9.17, 15) is 8.42 Å². The van der Waals surface area contributed by atoms with Crippen LogP contribution in [0.4, 0.5) is 0 Å². The Bertz CT molecular complexity index is 364. The second kappa shape index (κ2) is 6.99. The second-order valence-electron chi connectivity index (χ2n) is 6.09. The number of hydrogen-bond acceptors (Lipinski definition) is 4. The molecule has 19 heavy (non-hydrogen) atoms. The van der Waals surface area contributed by atoms with Crippen LogP contribution in [0.1, 0.15) is 33.6 Å². The average molecular weight is 292 g/mol. The van der Waals surface area contributed by atoms with Crippen molar-refractivity contribution in [3.8, 4) is 0 Å². The van der Waals surface area contributed by atoms with Crippen molar-refractivity contribution in [2.24, 2.45) is 5.73 Å². The lowest BCUT2D eigenvalue weighted by Gasteiger charge is -2.27. The van der Waals surface area contributed by atoms with Crippen molar-refractivity contribution in [1.29, 1.82) is 0 Å². The van der Waals surface area contributed by atoms with E-state index in [4.69, 9.17) is 5.73 Å². The monoisotopic (exact) mass is 292 g/mol. The van der Waals surface area contributed by atoms with Crippen molar-refractivity contribution in [2.75, 3.05) is 39.3 Å². The Hall–Kier alpha value is -0.210. The molecule has 0 aromatic carbocycles. The van der Waals surface area contributed by atoms with E-state index in [1.807, 2.05) is 20.8 Å². The predicted octanol–water partition coefficient (Wildman–Crippen LogP) is -0.0242. The summed E-state index contributed by atoms with van der Waals surface area (Å²) < 4.78 is 28.8. The Morgan fingerprint density at radius 3 is 2.42 bits per heavy atom. The molecule has 1 rings (SSSR count). The lowest BCUT2D eigenvalue weighted by atomic mass is 10.1. The standard InChI is InChI=1S/C12H28N4O2S/c1-12(2,3)14-19(17,18)16-9-5-8-15(10-11-16)7-4-6-13/h14H,4-11,13H2,1-3H3. The molecule has 6 nitrogen and oxygen atoms in total. The van der Waals surface area contributed by atoms with Crippen LogP contribution in [-0.4, -0.2) is 62.4 Å². The fraction of sp³-hybridized carbons (Fsp3) is 1.00. The molecule has 7 heteroatoms. The molecule has 0 radical (unpaired) electrons. The smallest absolute Gasteiger partial charge is 0.279 e. The Morgan fingerprint density at radius 2 is 1.84 bits per heavy atom. The van der Waals surface area contributed by atoms with Crippen LogP contribution in [-0.2, 0) is 10.2 Å². The van der Waals surface area contributed by atoms with Gasteiger partial charge in [0.1, 0.15) is 0 Å². The molecule has 0 aromatic rings. The van der Waals surface area contributed by atoms with Crippen LogP contribution in [0.2, 0.25) is 0 Å². The highest BCUT2D eigenvalue weighted by Crippen LogP contribution is 2.10. The molecule has 0 atom stereocenters. The highest BCUT2D eigenvalue weighted by atomic mass is 32.2. The Morgan fingerprint density at radius 1 is 1.16 bits per heavy atom. The maximum atomic E-state index is 12.3. The molecule has 3 N–H and O–H groups in total. The first-order valence-electron chi connectivity index (χ1n) is 6.96. The molecule has 114 valence electrons. The Kier molecular flexibility index (Phi) is 6.19. The van der Waals surface area contributed by atoms with Crippen molar-refractivity contribution in [2.45, 2.75) is 39.2 Å². The third-order valence-electron chi connectivity index (χ3n) is 3.00. The summed E-state index contributed by atoms with van der Waals surface area (Å²) in [4.78, 5) is 2.29. The molecule has 0 unspecified atom stereocenters. The van der Waals surface area contributed by atoms with E-state index in [1.54, 1.807) is 4.31 Å². The molecule has 0 bridgehead atoms. The summed E-state index contributed by atoms with van der Waals surface area (Å²) in [6.07, 6.45) is 1.84. The van der Waals surface area contributed by atoms with Gasteiger partial charge in [-0.15, -0.1) is 0 Å². The number of hydrogen-bond donors (Lipinski definition) is 2. The van der Waals surface area contributed by atoms with E-state index in [-0.39, 0.29) is 0 Å². The van der Waals surface area contributed by atoms with Gasteiger partial charge in [0.25, 0.3) is 10.2 Å². The molecule has 0 spiro atoms. The van der Waals surface area contributed by atoms with Crippen LogP contribution >= 0.6 is 0 Å². The second-order valence-corrected chi connectivity index (χ2v) is 7.76. The first-order valence-corrected chi connectivity index (χ1v) is 8.40. The maximum Gasteiger partial charge on any atom is 0.279 e. The third-order valence-corrected chi connectivity index (χ3v) is 4.92. The molecule has 1 saturated heterocycles. The summed E-state index contributed by atoms with van der Waals surface area (Å²) in [5, 5.41) is 0. The van der Waals surface area contributed by atoms with Crippen molar-refractivity contribution in [3.05, 3.63) is 0 Å². The van der Waals surface area contributed by atoms with Gasteiger partial charge in [0.2, 0.25) is 0 Å². The SMILES string of the molecule is CC(C)(C)NS(=O)(=O)N1CCCN(CCCN)CC1. The van der Waals surface area contributed by atoms with Crippen LogP contribution in [0.5, 0.6) is 0 Å². The van der Waals surface area contributed by atoms with Gasteiger partial charge >= 0.3 is 0 Å². The summed E-state index contributed by atoms with van der Waals surface area (Å²) in [7, 11) is -3.38. The summed E-state index contributed by atoms with van der Waals surface area (Å²) >= 11 is 0. The fourth-order valence-electron chi connectivity index (χ4n) is 2.18. The van der Waals surface area contributed by atoms with Crippen LogP contribution < -0.4 is 10.5 Å². The molecule has 1 aliphatic heterocycles. The van der Waals surface area contributed by atoms with Gasteiger partial charge in [-0.05, 0) is 53.2 Å². The zero-order valence-corrected chi connectivity index (χ0v) is 13.2. The molecular formula is C12H28N4O2S. The number of nitrogens with one attached hydrogen (secondary N) is 1. The van der Waals surface area contributed by atoms with Crippen molar-refractivity contribution in [3.63, 3.8) is 0 Å². The zero-order chi connectivity index (χ0) is 14.5. The number of rotatable bonds is 5. The van der Waals surface area contributed by atoms with E-state index >= 15 is 0 Å². The van der Waals surface area contributed by atoms with Crippen LogP contribution in [0.3, 0.4) is 0 Å². The summed E-state index contributed by atoms with van der Waals surface area (Å²) in [5.41, 5.74) is 5.07. The minimum absolute atomic E-state index is 0.440. The minimum atomic E-state index is -3.38. The molecule has 1 fully saturated rings. The van der Waals surface area contributed by atoms with Gasteiger partial charge in [-0.3, -0.25) is 0 Å². The van der Waals surface area contributed by atoms with Gasteiger partial charge in [0.15, 0.2) is 0 Å². The normalized spacial score (nSPS) is 20.4. The van der Waals surface area contributed by atoms with Gasteiger partial charge in [0, 0.05) is 25.2 Å². The molecule has 0 aliphatic carbocycles. The van der Waals surface area contributed by atoms with E-state index in [2.05, 4.69) is 9.62 Å². The van der Waals surface area contributed by atoms with E-state index in [0.717, 1.165) is 32.5 Å². The largest absolute Gasteiger partial charge is 0.330 e. The van der Waals surface area contributed by atoms with Crippen LogP contribution in [0.15, 0.2) is 0 Å². The first kappa shape index (κ1) is 16.8. The van der Waals surface area contributed by atoms with Crippen molar-refractivity contribution >= 4 is 10.2 Å². The van der Waals surface area contributed by atoms with Gasteiger partial charge < -0.3 is 10.6 Å². The van der Waals surface area contributed by atoms with Gasteiger partial charge in [0.05, 0.1) is 0 Å². The molecular weight excluding hydrogens is 264 g/mol. The molecule has 1 heterocycles. The third kappa shape index (κ3) is 6.18. The lowest BCUT2D eigenvalue weighted by Crippen LogP contribution is -2.49. The van der Waals surface area contributed by atoms with Gasteiger partial charge in [-0.1, -0.05) is 0 Å². The highest BCUT2D eigenvalue weighted by molar-refractivity contribution is 7.87. The fourth-order valence-corrected chi connectivity index (χ4v) is 3.77. The van der Waals surface area contributed by atoms with Crippen molar-refractivity contribution < 1.29 is 8.42 Å². The van der Waals surface area contributed by atoms with E-state index in [0.29, 0.717) is 19.6 Å². The highest BCUT2D eigenvalue weighted by Gasteiger charge is 2.28. The predicted molar refractivity (Wildman–Crippen MR) is 78.1 cm³/mol. The summed E-state index contributed by atoms with van der Waals surface area (Å²) in [6, 6.07) is 0. The number of nitrogens with zero attached hydrogens (tertiary/aromatic N) is 2. The van der Waals surface area contributed by atoms with E-state index in [1.165, 1.54) is 0 Å². The summed E-state index contributed by atoms with van der Waals surface area (Å²) in [6.45, 7) is 10.1. The van der Waals surface area contributed by atoms with Gasteiger partial charge in [-0.25, -0.2) is 0 Å². The Balaban J connectivity index is 2.57. The molecule has 0 aromatic heterocycles. The van der Waals surface area contributed by atoms with Gasteiger partial charge in [-0.2, -0.15) is 17.4 Å². The molecule has 0 amide bonds. The lowest BCUT2D eigenvalue weighted by molar-refractivity contribution is 0.284.